The summed E-state index contributed by atoms with van der Waals surface area (Å²) in [7, 11) is 0. The maximum Gasteiger partial charge on any atom is 0.261 e. The second-order valence-corrected chi connectivity index (χ2v) is 16.0. The van der Waals surface area contributed by atoms with Gasteiger partial charge in [-0.2, -0.15) is 0 Å². The van der Waals surface area contributed by atoms with Crippen LogP contribution in [0.4, 0.5) is 0 Å². The molecule has 5 atom stereocenters. The van der Waals surface area contributed by atoms with Crippen molar-refractivity contribution >= 4 is 11.8 Å². The van der Waals surface area contributed by atoms with Gasteiger partial charge in [0.2, 0.25) is 0 Å². The normalized spacial score (nSPS) is 27.5. The van der Waals surface area contributed by atoms with Gasteiger partial charge >= 0.3 is 0 Å². The number of nitrogens with zero attached hydrogens (tertiary/aromatic N) is 2. The van der Waals surface area contributed by atoms with E-state index in [1.54, 1.807) is 24.3 Å². The Kier molecular flexibility index (Phi) is 8.51. The second kappa shape index (κ2) is 12.9. The SMILES string of the molecule is CC1(C)CC2CC(C)(CN2C[C@@H]2C[C@H](c3ccc(CO)cc3)O[C@H](c3ccc(-c4ccccc4CN4C(=O)c5ccccc5C4=O)cc3)O2)C1. The van der Waals surface area contributed by atoms with Crippen molar-refractivity contribution in [2.45, 2.75) is 84.1 Å². The summed E-state index contributed by atoms with van der Waals surface area (Å²) in [5.41, 5.74) is 7.40. The van der Waals surface area contributed by atoms with Gasteiger partial charge in [-0.15, -0.1) is 0 Å². The van der Waals surface area contributed by atoms with E-state index in [9.17, 15) is 14.7 Å². The van der Waals surface area contributed by atoms with Crippen molar-refractivity contribution in [3.8, 4) is 11.1 Å². The first-order valence-corrected chi connectivity index (χ1v) is 18.0. The minimum absolute atomic E-state index is 0.00221. The fourth-order valence-corrected chi connectivity index (χ4v) is 9.40. The number of carbonyl (C=O) groups is 2. The number of hydrogen-bond donors (Lipinski definition) is 1. The molecule has 2 bridgehead atoms. The first-order valence-electron chi connectivity index (χ1n) is 18.0. The molecule has 0 spiro atoms. The van der Waals surface area contributed by atoms with Crippen LogP contribution in [-0.2, 0) is 22.6 Å². The van der Waals surface area contributed by atoms with Crippen LogP contribution in [0.1, 0.15) is 102 Å². The summed E-state index contributed by atoms with van der Waals surface area (Å²) in [6, 6.07) is 31.9. The summed E-state index contributed by atoms with van der Waals surface area (Å²) in [6.07, 6.45) is 3.83. The molecule has 2 saturated heterocycles. The van der Waals surface area contributed by atoms with Crippen LogP contribution in [-0.4, -0.2) is 52.0 Å². The zero-order chi connectivity index (χ0) is 34.6. The number of aliphatic hydroxyl groups is 1. The Hall–Kier alpha value is -4.14. The van der Waals surface area contributed by atoms with Crippen LogP contribution >= 0.6 is 0 Å². The smallest absolute Gasteiger partial charge is 0.261 e. The van der Waals surface area contributed by atoms with Crippen LogP contribution in [0.3, 0.4) is 0 Å². The zero-order valence-electron chi connectivity index (χ0n) is 29.2. The molecule has 7 nitrogen and oxygen atoms in total. The summed E-state index contributed by atoms with van der Waals surface area (Å²) in [5.74, 6) is -0.514. The molecule has 2 unspecified atom stereocenters. The third kappa shape index (κ3) is 6.33. The Morgan fingerprint density at radius 1 is 0.760 bits per heavy atom. The van der Waals surface area contributed by atoms with Crippen LogP contribution in [0.25, 0.3) is 11.1 Å². The average Bonchev–Trinajstić information content (AvgIpc) is 3.50. The van der Waals surface area contributed by atoms with Crippen molar-refractivity contribution in [3.05, 3.63) is 130 Å². The van der Waals surface area contributed by atoms with E-state index in [0.29, 0.717) is 28.0 Å². The third-order valence-corrected chi connectivity index (χ3v) is 11.3. The number of carbonyl (C=O) groups excluding carboxylic acids is 2. The lowest BCUT2D eigenvalue weighted by molar-refractivity contribution is -0.253. The largest absolute Gasteiger partial charge is 0.392 e. The van der Waals surface area contributed by atoms with E-state index in [0.717, 1.165) is 52.9 Å². The molecule has 50 heavy (non-hydrogen) atoms. The van der Waals surface area contributed by atoms with Gasteiger partial charge in [-0.25, -0.2) is 0 Å². The standard InChI is InChI=1S/C43H46N2O5/c1-42(2)21-33-22-43(3,26-42)27-44(33)24-34-20-38(30-14-12-28(25-46)13-15-30)50-41(49-34)31-18-16-29(17-19-31)35-9-5-4-8-32(35)23-45-39(47)36-10-6-7-11-37(36)40(45)48/h4-19,33-34,38,41,46H,20-27H2,1-3H3/t33?,34-,38+,41+,43?/m0/s1. The molecule has 4 aromatic rings. The van der Waals surface area contributed by atoms with Gasteiger partial charge in [0, 0.05) is 31.1 Å². The van der Waals surface area contributed by atoms with Gasteiger partial charge in [-0.1, -0.05) is 106 Å². The number of rotatable bonds is 8. The summed E-state index contributed by atoms with van der Waals surface area (Å²) >= 11 is 0. The molecule has 7 heteroatoms. The van der Waals surface area contributed by atoms with Crippen molar-refractivity contribution < 1.29 is 24.2 Å². The minimum Gasteiger partial charge on any atom is -0.392 e. The molecule has 0 radical (unpaired) electrons. The number of fused-ring (bicyclic) bond motifs is 3. The summed E-state index contributed by atoms with van der Waals surface area (Å²) in [4.78, 5) is 30.3. The quantitative estimate of drug-likeness (QED) is 0.191. The van der Waals surface area contributed by atoms with Crippen molar-refractivity contribution in [2.24, 2.45) is 10.8 Å². The maximum atomic E-state index is 13.1. The number of benzene rings is 4. The lowest BCUT2D eigenvalue weighted by Crippen LogP contribution is -2.42. The Balaban J connectivity index is 1.03. The van der Waals surface area contributed by atoms with Crippen LogP contribution in [0.15, 0.2) is 97.1 Å². The van der Waals surface area contributed by atoms with Crippen LogP contribution in [0, 0.1) is 10.8 Å². The molecule has 1 aliphatic carbocycles. The Bertz CT molecular complexity index is 1870. The highest BCUT2D eigenvalue weighted by atomic mass is 16.7. The van der Waals surface area contributed by atoms with E-state index in [2.05, 4.69) is 62.1 Å². The first-order chi connectivity index (χ1) is 24.1. The maximum absolute atomic E-state index is 13.1. The predicted molar refractivity (Wildman–Crippen MR) is 192 cm³/mol. The number of amides is 2. The zero-order valence-corrected chi connectivity index (χ0v) is 29.2. The van der Waals surface area contributed by atoms with Gasteiger partial charge in [0.25, 0.3) is 11.8 Å². The fraction of sp³-hybridized carbons (Fsp3) is 0.395. The van der Waals surface area contributed by atoms with E-state index in [4.69, 9.17) is 9.47 Å². The molecule has 1 N–H and O–H groups in total. The average molecular weight is 671 g/mol. The number of aliphatic hydroxyl groups excluding tert-OH is 1. The number of hydrogen-bond acceptors (Lipinski definition) is 6. The molecule has 2 amide bonds. The van der Waals surface area contributed by atoms with E-state index in [1.807, 2.05) is 36.4 Å². The monoisotopic (exact) mass is 670 g/mol. The van der Waals surface area contributed by atoms with Gasteiger partial charge in [0.1, 0.15) is 0 Å². The molecule has 0 aromatic heterocycles. The van der Waals surface area contributed by atoms with Gasteiger partial charge in [0.05, 0.1) is 36.5 Å². The Morgan fingerprint density at radius 2 is 1.40 bits per heavy atom. The summed E-state index contributed by atoms with van der Waals surface area (Å²) < 4.78 is 13.5. The molecule has 4 aromatic carbocycles. The highest BCUT2D eigenvalue weighted by molar-refractivity contribution is 6.21. The molecular weight excluding hydrogens is 624 g/mol. The molecule has 8 rings (SSSR count). The predicted octanol–water partition coefficient (Wildman–Crippen LogP) is 8.09. The van der Waals surface area contributed by atoms with E-state index >= 15 is 0 Å². The lowest BCUT2D eigenvalue weighted by atomic mass is 9.65. The molecule has 4 aliphatic rings. The molecule has 3 heterocycles. The molecular formula is C43H46N2O5. The molecule has 3 fully saturated rings. The summed E-state index contributed by atoms with van der Waals surface area (Å²) in [6.45, 7) is 9.49. The van der Waals surface area contributed by atoms with Gasteiger partial charge in [-0.05, 0) is 70.0 Å². The number of ether oxygens (including phenoxy) is 2. The Morgan fingerprint density at radius 3 is 2.08 bits per heavy atom. The fourth-order valence-electron chi connectivity index (χ4n) is 9.40. The van der Waals surface area contributed by atoms with Gasteiger partial charge in [0.15, 0.2) is 6.29 Å². The van der Waals surface area contributed by atoms with Gasteiger partial charge in [-0.3, -0.25) is 19.4 Å². The van der Waals surface area contributed by atoms with Crippen molar-refractivity contribution in [1.29, 1.82) is 0 Å². The summed E-state index contributed by atoms with van der Waals surface area (Å²) in [5, 5.41) is 9.63. The van der Waals surface area contributed by atoms with Crippen LogP contribution in [0.2, 0.25) is 0 Å². The topological polar surface area (TPSA) is 79.3 Å². The Labute approximate surface area is 294 Å². The van der Waals surface area contributed by atoms with Crippen molar-refractivity contribution in [2.75, 3.05) is 13.1 Å². The van der Waals surface area contributed by atoms with Crippen molar-refractivity contribution in [1.82, 2.24) is 9.80 Å². The van der Waals surface area contributed by atoms with Crippen LogP contribution in [0.5, 0.6) is 0 Å². The van der Waals surface area contributed by atoms with E-state index in [-0.39, 0.29) is 37.2 Å². The van der Waals surface area contributed by atoms with Gasteiger partial charge < -0.3 is 14.6 Å². The van der Waals surface area contributed by atoms with E-state index < -0.39 is 6.29 Å². The highest BCUT2D eigenvalue weighted by Crippen LogP contribution is 2.53. The third-order valence-electron chi connectivity index (χ3n) is 11.3. The first kappa shape index (κ1) is 33.0. The highest BCUT2D eigenvalue weighted by Gasteiger charge is 2.50. The number of imide groups is 1. The van der Waals surface area contributed by atoms with E-state index in [1.165, 1.54) is 24.2 Å². The second-order valence-electron chi connectivity index (χ2n) is 16.0. The minimum atomic E-state index is -0.534. The molecule has 1 saturated carbocycles. The molecule has 3 aliphatic heterocycles. The molecule has 258 valence electrons. The van der Waals surface area contributed by atoms with Crippen molar-refractivity contribution in [3.63, 3.8) is 0 Å². The number of likely N-dealkylation sites (tertiary alicyclic amines) is 1. The lowest BCUT2D eigenvalue weighted by Gasteiger charge is -2.41. The van der Waals surface area contributed by atoms with Crippen LogP contribution < -0.4 is 0 Å².